The van der Waals surface area contributed by atoms with Crippen LogP contribution in [0.2, 0.25) is 0 Å². The molecule has 7 nitrogen and oxygen atoms in total. The van der Waals surface area contributed by atoms with Crippen molar-refractivity contribution >= 4 is 44.4 Å². The zero-order valence-electron chi connectivity index (χ0n) is 19.8. The first-order valence-electron chi connectivity index (χ1n) is 12.0. The standard InChI is InChI=1S/C29H24FN5O2/c30-17-12-13-22-23(16-17)34-29(33-22)20-8-5-11-25-27(20)19-7-2-4-10-24(19)35(25)26(36)14-15-32-21-9-3-1-6-18(21)28(31)37/h1-13,16,26,32,36H,14-15H2,(H2,31,37)(H,33,34). The number of H-pyrrole nitrogens is 1. The molecule has 0 saturated heterocycles. The molecule has 1 atom stereocenters. The number of aliphatic hydroxyl groups is 1. The SMILES string of the molecule is NC(=O)c1ccccc1NCCC(O)n1c2ccccc2c2c(-c3nc4ccc(F)cc4[nH]3)cccc21. The molecule has 5 N–H and O–H groups in total. The Morgan fingerprint density at radius 1 is 1.03 bits per heavy atom. The third-order valence-electron chi connectivity index (χ3n) is 6.64. The summed E-state index contributed by atoms with van der Waals surface area (Å²) in [6.07, 6.45) is -0.453. The summed E-state index contributed by atoms with van der Waals surface area (Å²) in [5, 5.41) is 16.5. The van der Waals surface area contributed by atoms with E-state index >= 15 is 0 Å². The number of hydrogen-bond acceptors (Lipinski definition) is 4. The molecule has 1 amide bonds. The number of aromatic amines is 1. The second-order valence-electron chi connectivity index (χ2n) is 8.94. The van der Waals surface area contributed by atoms with Crippen LogP contribution in [0.25, 0.3) is 44.2 Å². The van der Waals surface area contributed by atoms with Gasteiger partial charge in [-0.2, -0.15) is 0 Å². The minimum atomic E-state index is -0.837. The fraction of sp³-hybridized carbons (Fsp3) is 0.103. The number of primary amides is 1. The van der Waals surface area contributed by atoms with Crippen molar-refractivity contribution in [2.45, 2.75) is 12.6 Å². The van der Waals surface area contributed by atoms with Gasteiger partial charge in [-0.3, -0.25) is 4.79 Å². The number of fused-ring (bicyclic) bond motifs is 4. The summed E-state index contributed by atoms with van der Waals surface area (Å²) >= 11 is 0. The van der Waals surface area contributed by atoms with E-state index in [9.17, 15) is 14.3 Å². The summed E-state index contributed by atoms with van der Waals surface area (Å²) in [6.45, 7) is 0.425. The van der Waals surface area contributed by atoms with Crippen molar-refractivity contribution < 1.29 is 14.3 Å². The highest BCUT2D eigenvalue weighted by molar-refractivity contribution is 6.14. The average Bonchev–Trinajstić information content (AvgIpc) is 3.47. The third-order valence-corrected chi connectivity index (χ3v) is 6.64. The van der Waals surface area contributed by atoms with E-state index in [1.165, 1.54) is 12.1 Å². The van der Waals surface area contributed by atoms with Crippen LogP contribution in [-0.2, 0) is 0 Å². The number of para-hydroxylation sites is 2. The largest absolute Gasteiger partial charge is 0.384 e. The summed E-state index contributed by atoms with van der Waals surface area (Å²) in [7, 11) is 0. The highest BCUT2D eigenvalue weighted by atomic mass is 19.1. The van der Waals surface area contributed by atoms with E-state index in [-0.39, 0.29) is 5.82 Å². The van der Waals surface area contributed by atoms with Crippen LogP contribution in [-0.4, -0.2) is 32.1 Å². The van der Waals surface area contributed by atoms with Gasteiger partial charge in [0.15, 0.2) is 0 Å². The highest BCUT2D eigenvalue weighted by Crippen LogP contribution is 2.38. The lowest BCUT2D eigenvalue weighted by Crippen LogP contribution is -2.17. The molecule has 0 saturated carbocycles. The van der Waals surface area contributed by atoms with Crippen LogP contribution in [0.15, 0.2) is 84.9 Å². The Bertz CT molecular complexity index is 1790. The number of halogens is 1. The Labute approximate surface area is 211 Å². The number of nitrogens with zero attached hydrogens (tertiary/aromatic N) is 2. The van der Waals surface area contributed by atoms with Gasteiger partial charge in [-0.05, 0) is 42.5 Å². The van der Waals surface area contributed by atoms with Crippen molar-refractivity contribution in [3.05, 3.63) is 96.3 Å². The van der Waals surface area contributed by atoms with Crippen LogP contribution in [0.3, 0.4) is 0 Å². The zero-order valence-corrected chi connectivity index (χ0v) is 19.8. The minimum absolute atomic E-state index is 0.326. The number of hydrogen-bond donors (Lipinski definition) is 4. The number of rotatable bonds is 7. The summed E-state index contributed by atoms with van der Waals surface area (Å²) < 4.78 is 15.7. The second-order valence-corrected chi connectivity index (χ2v) is 8.94. The molecule has 2 aromatic heterocycles. The van der Waals surface area contributed by atoms with Crippen LogP contribution < -0.4 is 11.1 Å². The van der Waals surface area contributed by atoms with Crippen molar-refractivity contribution in [2.75, 3.05) is 11.9 Å². The Morgan fingerprint density at radius 2 is 1.81 bits per heavy atom. The predicted octanol–water partition coefficient (Wildman–Crippen LogP) is 5.57. The van der Waals surface area contributed by atoms with Gasteiger partial charge in [0.2, 0.25) is 0 Å². The van der Waals surface area contributed by atoms with E-state index in [4.69, 9.17) is 10.7 Å². The molecule has 184 valence electrons. The number of nitrogens with one attached hydrogen (secondary N) is 2. The first-order valence-corrected chi connectivity index (χ1v) is 12.0. The molecule has 0 fully saturated rings. The van der Waals surface area contributed by atoms with Gasteiger partial charge in [0.05, 0.1) is 27.6 Å². The molecule has 6 rings (SSSR count). The third kappa shape index (κ3) is 3.97. The maximum absolute atomic E-state index is 13.8. The Balaban J connectivity index is 1.39. The van der Waals surface area contributed by atoms with Crippen LogP contribution >= 0.6 is 0 Å². The van der Waals surface area contributed by atoms with E-state index in [2.05, 4.69) is 10.3 Å². The number of aromatic nitrogens is 3. The molecule has 4 aromatic carbocycles. The molecule has 0 spiro atoms. The molecule has 0 radical (unpaired) electrons. The fourth-order valence-corrected chi connectivity index (χ4v) is 4.99. The molecule has 0 aliphatic heterocycles. The Hall–Kier alpha value is -4.69. The predicted molar refractivity (Wildman–Crippen MR) is 144 cm³/mol. The zero-order chi connectivity index (χ0) is 25.5. The van der Waals surface area contributed by atoms with E-state index in [0.717, 1.165) is 27.4 Å². The first-order chi connectivity index (χ1) is 18.0. The van der Waals surface area contributed by atoms with Crippen molar-refractivity contribution in [2.24, 2.45) is 5.73 Å². The highest BCUT2D eigenvalue weighted by Gasteiger charge is 2.20. The van der Waals surface area contributed by atoms with Gasteiger partial charge in [0.25, 0.3) is 5.91 Å². The molecule has 1 unspecified atom stereocenters. The summed E-state index contributed by atoms with van der Waals surface area (Å²) in [6, 6.07) is 25.3. The van der Waals surface area contributed by atoms with Gasteiger partial charge < -0.3 is 25.7 Å². The number of imidazole rings is 1. The summed E-state index contributed by atoms with van der Waals surface area (Å²) in [5.74, 6) is -0.201. The quantitative estimate of drug-likeness (QED) is 0.233. The second kappa shape index (κ2) is 9.07. The van der Waals surface area contributed by atoms with Crippen LogP contribution in [0.4, 0.5) is 10.1 Å². The van der Waals surface area contributed by atoms with Crippen LogP contribution in [0.5, 0.6) is 0 Å². The smallest absolute Gasteiger partial charge is 0.250 e. The van der Waals surface area contributed by atoms with Crippen molar-refractivity contribution in [1.29, 1.82) is 0 Å². The normalized spacial score (nSPS) is 12.4. The number of nitrogens with two attached hydrogens (primary N) is 1. The fourth-order valence-electron chi connectivity index (χ4n) is 4.99. The van der Waals surface area contributed by atoms with E-state index in [1.807, 2.05) is 53.1 Å². The summed E-state index contributed by atoms with van der Waals surface area (Å²) in [4.78, 5) is 19.7. The van der Waals surface area contributed by atoms with E-state index in [1.54, 1.807) is 24.3 Å². The molecular weight excluding hydrogens is 469 g/mol. The molecule has 0 aliphatic carbocycles. The maximum Gasteiger partial charge on any atom is 0.250 e. The van der Waals surface area contributed by atoms with Crippen molar-refractivity contribution in [1.82, 2.24) is 14.5 Å². The lowest BCUT2D eigenvalue weighted by Gasteiger charge is -2.17. The topological polar surface area (TPSA) is 109 Å². The van der Waals surface area contributed by atoms with Gasteiger partial charge in [-0.25, -0.2) is 9.37 Å². The molecule has 0 aliphatic rings. The summed E-state index contributed by atoms with van der Waals surface area (Å²) in [5.41, 5.74) is 10.4. The van der Waals surface area contributed by atoms with Crippen molar-refractivity contribution in [3.8, 4) is 11.4 Å². The molecule has 2 heterocycles. The van der Waals surface area contributed by atoms with Gasteiger partial charge >= 0.3 is 0 Å². The van der Waals surface area contributed by atoms with Crippen molar-refractivity contribution in [3.63, 3.8) is 0 Å². The van der Waals surface area contributed by atoms with E-state index < -0.39 is 12.1 Å². The average molecular weight is 494 g/mol. The maximum atomic E-state index is 13.8. The minimum Gasteiger partial charge on any atom is -0.384 e. The van der Waals surface area contributed by atoms with Crippen LogP contribution in [0, 0.1) is 5.82 Å². The molecule has 8 heteroatoms. The number of amides is 1. The monoisotopic (exact) mass is 493 g/mol. The lowest BCUT2D eigenvalue weighted by atomic mass is 10.1. The number of carbonyl (C=O) groups is 1. The first kappa shape index (κ1) is 22.8. The molecule has 37 heavy (non-hydrogen) atoms. The Kier molecular flexibility index (Phi) is 5.58. The van der Waals surface area contributed by atoms with E-state index in [0.29, 0.717) is 41.1 Å². The number of aliphatic hydroxyl groups excluding tert-OH is 1. The number of carbonyl (C=O) groups excluding carboxylic acids is 1. The van der Waals surface area contributed by atoms with Gasteiger partial charge in [0, 0.05) is 35.0 Å². The molecular formula is C29H24FN5O2. The Morgan fingerprint density at radius 3 is 2.68 bits per heavy atom. The molecule has 6 aromatic rings. The van der Waals surface area contributed by atoms with Gasteiger partial charge in [0.1, 0.15) is 17.9 Å². The molecule has 0 bridgehead atoms. The van der Waals surface area contributed by atoms with Gasteiger partial charge in [-0.15, -0.1) is 0 Å². The van der Waals surface area contributed by atoms with Gasteiger partial charge in [-0.1, -0.05) is 42.5 Å². The lowest BCUT2D eigenvalue weighted by molar-refractivity contribution is 0.100. The number of anilines is 1. The van der Waals surface area contributed by atoms with Crippen LogP contribution in [0.1, 0.15) is 23.0 Å². The number of benzene rings is 4.